The minimum atomic E-state index is -4.46. The Morgan fingerprint density at radius 2 is 2.12 bits per heavy atom. The number of thiocarbonyl (C=S) groups is 1. The summed E-state index contributed by atoms with van der Waals surface area (Å²) in [5.41, 5.74) is 12.1. The summed E-state index contributed by atoms with van der Waals surface area (Å²) in [6, 6.07) is 0. The monoisotopic (exact) mass is 374 g/mol. The van der Waals surface area contributed by atoms with Crippen LogP contribution in [0.3, 0.4) is 0 Å². The van der Waals surface area contributed by atoms with Crippen LogP contribution in [0.2, 0.25) is 0 Å². The summed E-state index contributed by atoms with van der Waals surface area (Å²) in [6.07, 6.45) is 1.37. The Morgan fingerprint density at radius 3 is 2.64 bits per heavy atom. The summed E-state index contributed by atoms with van der Waals surface area (Å²) < 4.78 is 36.6. The molecule has 0 amide bonds. The van der Waals surface area contributed by atoms with Crippen molar-refractivity contribution in [2.75, 3.05) is 13.6 Å². The maximum atomic E-state index is 12.2. The van der Waals surface area contributed by atoms with E-state index in [-0.39, 0.29) is 10.8 Å². The molecule has 0 spiro atoms. The van der Waals surface area contributed by atoms with Gasteiger partial charge in [-0.1, -0.05) is 0 Å². The molecule has 1 heterocycles. The van der Waals surface area contributed by atoms with Crippen molar-refractivity contribution in [3.05, 3.63) is 29.9 Å². The zero-order valence-electron chi connectivity index (χ0n) is 13.4. The SMILES string of the molecule is CC(/C=N/N(C)C(N)=S)=C\C(=NC(N)=NCC(F)(F)F)c1cnc[nH]1. The molecule has 0 saturated carbocycles. The fourth-order valence-electron chi connectivity index (χ4n) is 1.38. The lowest BCUT2D eigenvalue weighted by molar-refractivity contribution is -0.118. The minimum absolute atomic E-state index is 0.0787. The number of nitrogens with zero attached hydrogens (tertiary/aromatic N) is 5. The van der Waals surface area contributed by atoms with Gasteiger partial charge in [0.25, 0.3) is 0 Å². The van der Waals surface area contributed by atoms with Gasteiger partial charge in [-0.3, -0.25) is 0 Å². The van der Waals surface area contributed by atoms with Crippen molar-refractivity contribution in [2.24, 2.45) is 26.6 Å². The van der Waals surface area contributed by atoms with E-state index in [0.717, 1.165) is 0 Å². The standard InChI is InChI=1S/C13H17F3N8S/c1-8(4-22-24(2)12(18)25)3-9(10-5-19-7-21-10)23-11(17)20-6-13(14,15)16/h3-5,7H,6H2,1-2H3,(H2,17,20)(H2,18,25)(H,19,21)/b8-3+,22-4+,23-9?. The average molecular weight is 374 g/mol. The van der Waals surface area contributed by atoms with E-state index in [2.05, 4.69) is 25.1 Å². The molecule has 0 saturated heterocycles. The fourth-order valence-corrected chi connectivity index (χ4v) is 1.43. The Labute approximate surface area is 147 Å². The Hall–Kier alpha value is -2.76. The van der Waals surface area contributed by atoms with Gasteiger partial charge in [0.2, 0.25) is 5.96 Å². The molecule has 8 nitrogen and oxygen atoms in total. The van der Waals surface area contributed by atoms with Crippen LogP contribution in [0.5, 0.6) is 0 Å². The number of nitrogens with one attached hydrogen (secondary N) is 1. The molecule has 0 aliphatic rings. The third-order valence-electron chi connectivity index (χ3n) is 2.55. The van der Waals surface area contributed by atoms with E-state index >= 15 is 0 Å². The normalized spacial score (nSPS) is 14.2. The van der Waals surface area contributed by atoms with Crippen molar-refractivity contribution in [3.8, 4) is 0 Å². The number of alkyl halides is 3. The molecule has 0 fully saturated rings. The second-order valence-corrected chi connectivity index (χ2v) is 5.16. The van der Waals surface area contributed by atoms with E-state index < -0.39 is 18.7 Å². The quantitative estimate of drug-likeness (QED) is 0.309. The van der Waals surface area contributed by atoms with Crippen molar-refractivity contribution >= 4 is 35.2 Å². The van der Waals surface area contributed by atoms with Crippen LogP contribution in [0.25, 0.3) is 0 Å². The van der Waals surface area contributed by atoms with Gasteiger partial charge < -0.3 is 16.5 Å². The van der Waals surface area contributed by atoms with Gasteiger partial charge in [-0.05, 0) is 30.8 Å². The number of H-pyrrole nitrogens is 1. The number of rotatable bonds is 5. The van der Waals surface area contributed by atoms with Crippen molar-refractivity contribution in [1.29, 1.82) is 0 Å². The zero-order chi connectivity index (χ0) is 19.0. The summed E-state index contributed by atoms with van der Waals surface area (Å²) in [5, 5.41) is 5.34. The van der Waals surface area contributed by atoms with Gasteiger partial charge in [0.1, 0.15) is 6.54 Å². The number of hydrazone groups is 1. The number of guanidine groups is 1. The van der Waals surface area contributed by atoms with E-state index in [0.29, 0.717) is 11.3 Å². The van der Waals surface area contributed by atoms with E-state index in [1.807, 2.05) is 0 Å². The highest BCUT2D eigenvalue weighted by atomic mass is 32.1. The molecule has 136 valence electrons. The first kappa shape index (κ1) is 20.3. The Balaban J connectivity index is 3.08. The molecule has 0 atom stereocenters. The third-order valence-corrected chi connectivity index (χ3v) is 2.81. The molecule has 0 bridgehead atoms. The summed E-state index contributed by atoms with van der Waals surface area (Å²) in [4.78, 5) is 13.7. The van der Waals surface area contributed by atoms with Crippen molar-refractivity contribution < 1.29 is 13.2 Å². The van der Waals surface area contributed by atoms with Crippen LogP contribution in [-0.2, 0) is 0 Å². The van der Waals surface area contributed by atoms with E-state index in [4.69, 9.17) is 23.7 Å². The molecule has 0 radical (unpaired) electrons. The largest absolute Gasteiger partial charge is 0.408 e. The summed E-state index contributed by atoms with van der Waals surface area (Å²) in [6.45, 7) is 0.285. The van der Waals surface area contributed by atoms with Crippen LogP contribution < -0.4 is 11.5 Å². The number of aromatic amines is 1. The van der Waals surface area contributed by atoms with Gasteiger partial charge in [-0.15, -0.1) is 0 Å². The maximum Gasteiger partial charge on any atom is 0.408 e. The molecule has 12 heteroatoms. The van der Waals surface area contributed by atoms with Crippen LogP contribution in [-0.4, -0.2) is 57.7 Å². The number of aliphatic imine (C=N–C) groups is 2. The summed E-state index contributed by atoms with van der Waals surface area (Å²) >= 11 is 4.75. The van der Waals surface area contributed by atoms with E-state index in [9.17, 15) is 13.2 Å². The predicted octanol–water partition coefficient (Wildman–Crippen LogP) is 1.18. The lowest BCUT2D eigenvalue weighted by Gasteiger charge is -2.08. The first-order valence-corrected chi connectivity index (χ1v) is 7.19. The molecule has 0 aliphatic heterocycles. The lowest BCUT2D eigenvalue weighted by atomic mass is 10.2. The second-order valence-electron chi connectivity index (χ2n) is 4.75. The molecule has 25 heavy (non-hydrogen) atoms. The highest BCUT2D eigenvalue weighted by Gasteiger charge is 2.26. The topological polar surface area (TPSA) is 121 Å². The lowest BCUT2D eigenvalue weighted by Crippen LogP contribution is -2.27. The van der Waals surface area contributed by atoms with Crippen molar-refractivity contribution in [2.45, 2.75) is 13.1 Å². The maximum absolute atomic E-state index is 12.2. The van der Waals surface area contributed by atoms with Crippen LogP contribution >= 0.6 is 12.2 Å². The molecule has 1 aromatic heterocycles. The molecule has 1 rings (SSSR count). The van der Waals surface area contributed by atoms with Gasteiger partial charge in [-0.2, -0.15) is 18.3 Å². The predicted molar refractivity (Wildman–Crippen MR) is 94.5 cm³/mol. The number of imidazole rings is 1. The van der Waals surface area contributed by atoms with Crippen molar-refractivity contribution in [3.63, 3.8) is 0 Å². The summed E-state index contributed by atoms with van der Waals surface area (Å²) in [7, 11) is 1.57. The molecule has 1 aromatic rings. The third kappa shape index (κ3) is 8.06. The number of hydrogen-bond acceptors (Lipinski definition) is 4. The first-order valence-electron chi connectivity index (χ1n) is 6.78. The Morgan fingerprint density at radius 1 is 1.44 bits per heavy atom. The Kier molecular flexibility index (Phi) is 7.23. The van der Waals surface area contributed by atoms with Crippen LogP contribution in [0, 0.1) is 0 Å². The number of aromatic nitrogens is 2. The first-order chi connectivity index (χ1) is 11.6. The summed E-state index contributed by atoms with van der Waals surface area (Å²) in [5.74, 6) is -0.511. The second kappa shape index (κ2) is 8.92. The van der Waals surface area contributed by atoms with Crippen molar-refractivity contribution in [1.82, 2.24) is 15.0 Å². The van der Waals surface area contributed by atoms with Gasteiger partial charge in [-0.25, -0.2) is 20.0 Å². The van der Waals surface area contributed by atoms with Gasteiger partial charge in [0.15, 0.2) is 5.11 Å². The minimum Gasteiger partial charge on any atom is -0.375 e. The number of nitrogens with two attached hydrogens (primary N) is 2. The van der Waals surface area contributed by atoms with Gasteiger partial charge >= 0.3 is 6.18 Å². The molecule has 0 unspecified atom stereocenters. The molecular weight excluding hydrogens is 357 g/mol. The molecule has 5 N–H and O–H groups in total. The highest BCUT2D eigenvalue weighted by molar-refractivity contribution is 7.80. The number of allylic oxidation sites excluding steroid dienone is 2. The van der Waals surface area contributed by atoms with E-state index in [1.54, 1.807) is 20.0 Å². The van der Waals surface area contributed by atoms with Gasteiger partial charge in [0, 0.05) is 7.05 Å². The average Bonchev–Trinajstić information content (AvgIpc) is 3.03. The highest BCUT2D eigenvalue weighted by Crippen LogP contribution is 2.14. The zero-order valence-corrected chi connectivity index (χ0v) is 14.3. The molecule has 0 aliphatic carbocycles. The van der Waals surface area contributed by atoms with Gasteiger partial charge in [0.05, 0.1) is 30.1 Å². The number of hydrogen-bond donors (Lipinski definition) is 3. The number of halogens is 3. The van der Waals surface area contributed by atoms with Crippen LogP contribution in [0.4, 0.5) is 13.2 Å². The fraction of sp³-hybridized carbons (Fsp3) is 0.308. The Bertz CT molecular complexity index is 703. The molecular formula is C13H17F3N8S. The molecule has 0 aromatic carbocycles. The van der Waals surface area contributed by atoms with Crippen LogP contribution in [0.1, 0.15) is 12.6 Å². The van der Waals surface area contributed by atoms with Crippen LogP contribution in [0.15, 0.2) is 39.3 Å². The van der Waals surface area contributed by atoms with E-state index in [1.165, 1.54) is 23.7 Å². The smallest absolute Gasteiger partial charge is 0.375 e.